The Bertz CT molecular complexity index is 447. The summed E-state index contributed by atoms with van der Waals surface area (Å²) in [6.45, 7) is 1.35. The molecule has 2 rings (SSSR count). The van der Waals surface area contributed by atoms with Gasteiger partial charge in [-0.1, -0.05) is 5.92 Å². The van der Waals surface area contributed by atoms with E-state index in [1.807, 2.05) is 11.0 Å². The maximum Gasteiger partial charge on any atom is 0.320 e. The van der Waals surface area contributed by atoms with E-state index >= 15 is 0 Å². The molecule has 1 atom stereocenters. The average Bonchev–Trinajstić information content (AvgIpc) is 2.78. The van der Waals surface area contributed by atoms with E-state index in [2.05, 4.69) is 10.9 Å². The number of hydrogen-bond donors (Lipinski definition) is 1. The molecule has 0 bridgehead atoms. The first-order chi connectivity index (χ1) is 8.20. The SMILES string of the molecule is [C]#Cc1ccc(CN2CCCC2C(=O)O)nc1. The van der Waals surface area contributed by atoms with Gasteiger partial charge in [-0.15, -0.1) is 0 Å². The van der Waals surface area contributed by atoms with Crippen molar-refractivity contribution in [3.8, 4) is 5.92 Å². The first-order valence-electron chi connectivity index (χ1n) is 5.55. The summed E-state index contributed by atoms with van der Waals surface area (Å²) in [5.74, 6) is 1.50. The zero-order chi connectivity index (χ0) is 12.3. The van der Waals surface area contributed by atoms with Crippen LogP contribution in [0.3, 0.4) is 0 Å². The van der Waals surface area contributed by atoms with Crippen molar-refractivity contribution in [1.82, 2.24) is 9.88 Å². The second kappa shape index (κ2) is 4.98. The summed E-state index contributed by atoms with van der Waals surface area (Å²) >= 11 is 0. The quantitative estimate of drug-likeness (QED) is 0.788. The van der Waals surface area contributed by atoms with Crippen LogP contribution in [0.4, 0.5) is 0 Å². The van der Waals surface area contributed by atoms with Crippen LogP contribution < -0.4 is 0 Å². The smallest absolute Gasteiger partial charge is 0.320 e. The first kappa shape index (κ1) is 11.6. The lowest BCUT2D eigenvalue weighted by atomic mass is 10.2. The number of pyridine rings is 1. The molecular weight excluding hydrogens is 216 g/mol. The molecule has 17 heavy (non-hydrogen) atoms. The lowest BCUT2D eigenvalue weighted by Crippen LogP contribution is -2.35. The van der Waals surface area contributed by atoms with Crippen LogP contribution in [0.5, 0.6) is 0 Å². The third-order valence-corrected chi connectivity index (χ3v) is 2.98. The Morgan fingerprint density at radius 3 is 3.06 bits per heavy atom. The number of nitrogens with zero attached hydrogens (tertiary/aromatic N) is 2. The van der Waals surface area contributed by atoms with Crippen LogP contribution in [0.25, 0.3) is 0 Å². The largest absolute Gasteiger partial charge is 0.480 e. The number of rotatable bonds is 3. The second-order valence-electron chi connectivity index (χ2n) is 4.13. The Morgan fingerprint density at radius 1 is 1.65 bits per heavy atom. The minimum absolute atomic E-state index is 0.384. The number of hydrogen-bond acceptors (Lipinski definition) is 3. The molecule has 0 aliphatic carbocycles. The van der Waals surface area contributed by atoms with Gasteiger partial charge in [0.2, 0.25) is 0 Å². The van der Waals surface area contributed by atoms with E-state index in [0.29, 0.717) is 18.5 Å². The summed E-state index contributed by atoms with van der Waals surface area (Å²) in [5.41, 5.74) is 1.46. The Hall–Kier alpha value is -1.86. The van der Waals surface area contributed by atoms with E-state index in [-0.39, 0.29) is 6.04 Å². The molecule has 1 aromatic heterocycles. The minimum atomic E-state index is -0.757. The monoisotopic (exact) mass is 229 g/mol. The fraction of sp³-hybridized carbons (Fsp3) is 0.385. The predicted octanol–water partition coefficient (Wildman–Crippen LogP) is 1.07. The van der Waals surface area contributed by atoms with E-state index in [1.165, 1.54) is 0 Å². The summed E-state index contributed by atoms with van der Waals surface area (Å²) in [5, 5.41) is 9.05. The van der Waals surface area contributed by atoms with Gasteiger partial charge in [0.1, 0.15) is 6.04 Å². The standard InChI is InChI=1S/C13H13N2O2/c1-2-10-5-6-11(14-8-10)9-15-7-3-4-12(15)13(16)17/h5-6,8,12H,3-4,7,9H2,(H,16,17). The molecule has 0 saturated carbocycles. The highest BCUT2D eigenvalue weighted by Crippen LogP contribution is 2.19. The van der Waals surface area contributed by atoms with Gasteiger partial charge in [0.25, 0.3) is 0 Å². The van der Waals surface area contributed by atoms with Crippen LogP contribution in [0, 0.1) is 12.3 Å². The summed E-state index contributed by atoms with van der Waals surface area (Å²) in [7, 11) is 0. The molecule has 1 aliphatic heterocycles. The highest BCUT2D eigenvalue weighted by Gasteiger charge is 2.30. The van der Waals surface area contributed by atoms with Crippen molar-refractivity contribution in [3.05, 3.63) is 36.0 Å². The van der Waals surface area contributed by atoms with E-state index < -0.39 is 5.97 Å². The zero-order valence-corrected chi connectivity index (χ0v) is 9.39. The molecular formula is C13H13N2O2. The zero-order valence-electron chi connectivity index (χ0n) is 9.39. The molecule has 1 unspecified atom stereocenters. The molecule has 0 spiro atoms. The van der Waals surface area contributed by atoms with Crippen molar-refractivity contribution >= 4 is 5.97 Å². The summed E-state index contributed by atoms with van der Waals surface area (Å²) in [6.07, 6.45) is 10.2. The Kier molecular flexibility index (Phi) is 3.40. The number of carbonyl (C=O) groups is 1. The molecule has 1 aromatic rings. The number of carboxylic acids is 1. The third kappa shape index (κ3) is 2.63. The van der Waals surface area contributed by atoms with Crippen molar-refractivity contribution in [1.29, 1.82) is 0 Å². The molecule has 1 fully saturated rings. The molecule has 4 heteroatoms. The molecule has 1 aliphatic rings. The van der Waals surface area contributed by atoms with Gasteiger partial charge in [-0.3, -0.25) is 14.7 Å². The van der Waals surface area contributed by atoms with Crippen LogP contribution in [0.2, 0.25) is 0 Å². The van der Waals surface area contributed by atoms with Crippen LogP contribution in [-0.2, 0) is 11.3 Å². The topological polar surface area (TPSA) is 53.4 Å². The van der Waals surface area contributed by atoms with Crippen LogP contribution >= 0.6 is 0 Å². The van der Waals surface area contributed by atoms with Crippen molar-refractivity contribution in [3.63, 3.8) is 0 Å². The van der Waals surface area contributed by atoms with Crippen molar-refractivity contribution < 1.29 is 9.90 Å². The van der Waals surface area contributed by atoms with E-state index in [4.69, 9.17) is 11.5 Å². The Labute approximate surface area is 100 Å². The number of aromatic nitrogens is 1. The van der Waals surface area contributed by atoms with E-state index in [0.717, 1.165) is 18.7 Å². The number of carboxylic acid groups (broad SMARTS) is 1. The van der Waals surface area contributed by atoms with Crippen LogP contribution in [0.15, 0.2) is 18.3 Å². The Balaban J connectivity index is 2.05. The van der Waals surface area contributed by atoms with Crippen LogP contribution in [0.1, 0.15) is 24.1 Å². The number of aliphatic carboxylic acids is 1. The molecule has 0 aromatic carbocycles. The van der Waals surface area contributed by atoms with E-state index in [1.54, 1.807) is 12.3 Å². The highest BCUT2D eigenvalue weighted by molar-refractivity contribution is 5.73. The van der Waals surface area contributed by atoms with Gasteiger partial charge in [-0.25, -0.2) is 0 Å². The Morgan fingerprint density at radius 2 is 2.47 bits per heavy atom. The number of likely N-dealkylation sites (tertiary alicyclic amines) is 1. The molecule has 1 radical (unpaired) electrons. The average molecular weight is 229 g/mol. The predicted molar refractivity (Wildman–Crippen MR) is 61.5 cm³/mol. The van der Waals surface area contributed by atoms with E-state index in [9.17, 15) is 4.79 Å². The highest BCUT2D eigenvalue weighted by atomic mass is 16.4. The fourth-order valence-electron chi connectivity index (χ4n) is 2.10. The molecule has 4 nitrogen and oxygen atoms in total. The van der Waals surface area contributed by atoms with Gasteiger partial charge < -0.3 is 5.11 Å². The first-order valence-corrected chi connectivity index (χ1v) is 5.55. The fourth-order valence-corrected chi connectivity index (χ4v) is 2.10. The molecule has 0 amide bonds. The maximum atomic E-state index is 11.0. The van der Waals surface area contributed by atoms with Gasteiger partial charge in [0.05, 0.1) is 5.69 Å². The van der Waals surface area contributed by atoms with Crippen LogP contribution in [-0.4, -0.2) is 33.5 Å². The van der Waals surface area contributed by atoms with Gasteiger partial charge in [0.15, 0.2) is 0 Å². The molecule has 1 saturated heterocycles. The van der Waals surface area contributed by atoms with Crippen molar-refractivity contribution in [2.24, 2.45) is 0 Å². The van der Waals surface area contributed by atoms with Gasteiger partial charge in [-0.05, 0) is 37.9 Å². The van der Waals surface area contributed by atoms with Gasteiger partial charge >= 0.3 is 5.97 Å². The maximum absolute atomic E-state index is 11.0. The lowest BCUT2D eigenvalue weighted by Gasteiger charge is -2.20. The normalized spacial score (nSPS) is 20.1. The molecule has 87 valence electrons. The van der Waals surface area contributed by atoms with Crippen molar-refractivity contribution in [2.75, 3.05) is 6.54 Å². The van der Waals surface area contributed by atoms with Gasteiger partial charge in [-0.2, -0.15) is 0 Å². The minimum Gasteiger partial charge on any atom is -0.480 e. The summed E-state index contributed by atoms with van der Waals surface area (Å²) in [6, 6.07) is 3.20. The third-order valence-electron chi connectivity index (χ3n) is 2.98. The lowest BCUT2D eigenvalue weighted by molar-refractivity contribution is -0.142. The molecule has 1 N–H and O–H groups in total. The summed E-state index contributed by atoms with van der Waals surface area (Å²) < 4.78 is 0. The molecule has 2 heterocycles. The van der Waals surface area contributed by atoms with Gasteiger partial charge in [0, 0.05) is 18.3 Å². The van der Waals surface area contributed by atoms with Crippen molar-refractivity contribution in [2.45, 2.75) is 25.4 Å². The summed E-state index contributed by atoms with van der Waals surface area (Å²) in [4.78, 5) is 17.1. The second-order valence-corrected chi connectivity index (χ2v) is 4.13.